The molecule has 1 aliphatic rings. The Kier molecular flexibility index (Phi) is 4.74. The molecule has 1 fully saturated rings. The van der Waals surface area contributed by atoms with E-state index in [9.17, 15) is 4.79 Å². The van der Waals surface area contributed by atoms with Crippen LogP contribution in [0.5, 0.6) is 0 Å². The number of carbonyl (C=O) groups is 1. The quantitative estimate of drug-likeness (QED) is 0.849. The van der Waals surface area contributed by atoms with E-state index in [2.05, 4.69) is 22.2 Å². The summed E-state index contributed by atoms with van der Waals surface area (Å²) in [5, 5.41) is 12.1. The summed E-state index contributed by atoms with van der Waals surface area (Å²) in [6.07, 6.45) is 5.15. The normalized spacial score (nSPS) is 17.3. The summed E-state index contributed by atoms with van der Waals surface area (Å²) in [4.78, 5) is 17.3. The lowest BCUT2D eigenvalue weighted by atomic mass is 9.94. The second-order valence-corrected chi connectivity index (χ2v) is 5.20. The van der Waals surface area contributed by atoms with Crippen molar-refractivity contribution in [3.8, 4) is 0 Å². The molecular weight excluding hydrogens is 242 g/mol. The first-order valence-corrected chi connectivity index (χ1v) is 6.77. The Hall–Kier alpha value is -1.62. The van der Waals surface area contributed by atoms with Gasteiger partial charge in [0.15, 0.2) is 0 Å². The van der Waals surface area contributed by atoms with Crippen molar-refractivity contribution in [3.05, 3.63) is 23.9 Å². The van der Waals surface area contributed by atoms with E-state index < -0.39 is 5.97 Å². The van der Waals surface area contributed by atoms with Gasteiger partial charge in [0.1, 0.15) is 5.82 Å². The number of anilines is 1. The molecule has 0 aromatic carbocycles. The van der Waals surface area contributed by atoms with Crippen molar-refractivity contribution >= 4 is 11.8 Å². The molecule has 1 aromatic heterocycles. The number of nitrogens with zero attached hydrogens (tertiary/aromatic N) is 2. The zero-order valence-corrected chi connectivity index (χ0v) is 11.3. The molecule has 0 bridgehead atoms. The molecule has 0 saturated carbocycles. The molecule has 5 nitrogen and oxygen atoms in total. The van der Waals surface area contributed by atoms with Crippen LogP contribution in [-0.4, -0.2) is 47.6 Å². The molecule has 1 aromatic rings. The van der Waals surface area contributed by atoms with Crippen LogP contribution in [0.2, 0.25) is 0 Å². The van der Waals surface area contributed by atoms with E-state index in [-0.39, 0.29) is 5.56 Å². The van der Waals surface area contributed by atoms with E-state index >= 15 is 0 Å². The van der Waals surface area contributed by atoms with E-state index in [1.807, 2.05) is 0 Å². The largest absolute Gasteiger partial charge is 0.478 e. The highest BCUT2D eigenvalue weighted by atomic mass is 16.4. The zero-order chi connectivity index (χ0) is 13.7. The van der Waals surface area contributed by atoms with Crippen LogP contribution in [0.1, 0.15) is 29.6 Å². The molecule has 0 amide bonds. The number of carboxylic acid groups (broad SMARTS) is 1. The fourth-order valence-corrected chi connectivity index (χ4v) is 2.42. The van der Waals surface area contributed by atoms with Crippen LogP contribution in [0.4, 0.5) is 5.82 Å². The van der Waals surface area contributed by atoms with Crippen LogP contribution >= 0.6 is 0 Å². The first-order valence-electron chi connectivity index (χ1n) is 6.77. The second-order valence-electron chi connectivity index (χ2n) is 5.20. The van der Waals surface area contributed by atoms with Crippen LogP contribution in [-0.2, 0) is 0 Å². The van der Waals surface area contributed by atoms with Gasteiger partial charge in [0.25, 0.3) is 0 Å². The van der Waals surface area contributed by atoms with Gasteiger partial charge in [-0.05, 0) is 57.5 Å². The van der Waals surface area contributed by atoms with E-state index in [4.69, 9.17) is 5.11 Å². The van der Waals surface area contributed by atoms with Crippen molar-refractivity contribution in [2.45, 2.75) is 19.3 Å². The van der Waals surface area contributed by atoms with Gasteiger partial charge in [0.05, 0.1) is 5.56 Å². The van der Waals surface area contributed by atoms with Crippen LogP contribution < -0.4 is 5.32 Å². The summed E-state index contributed by atoms with van der Waals surface area (Å²) >= 11 is 0. The Balaban J connectivity index is 1.76. The molecule has 2 heterocycles. The first-order chi connectivity index (χ1) is 9.15. The van der Waals surface area contributed by atoms with Crippen molar-refractivity contribution < 1.29 is 9.90 Å². The van der Waals surface area contributed by atoms with E-state index in [0.29, 0.717) is 5.82 Å². The number of carboxylic acids is 1. The number of aromatic nitrogens is 1. The number of likely N-dealkylation sites (tertiary alicyclic amines) is 1. The average Bonchev–Trinajstić information content (AvgIpc) is 2.41. The Bertz CT molecular complexity index is 428. The summed E-state index contributed by atoms with van der Waals surface area (Å²) in [6.45, 7) is 3.21. The lowest BCUT2D eigenvalue weighted by Crippen LogP contribution is -2.30. The molecule has 0 atom stereocenters. The molecule has 1 aliphatic heterocycles. The van der Waals surface area contributed by atoms with Crippen LogP contribution in [0.15, 0.2) is 18.3 Å². The summed E-state index contributed by atoms with van der Waals surface area (Å²) < 4.78 is 0. The van der Waals surface area contributed by atoms with Gasteiger partial charge in [-0.15, -0.1) is 0 Å². The van der Waals surface area contributed by atoms with Crippen LogP contribution in [0, 0.1) is 5.92 Å². The minimum absolute atomic E-state index is 0.275. The number of hydrogen-bond acceptors (Lipinski definition) is 4. The monoisotopic (exact) mass is 263 g/mol. The van der Waals surface area contributed by atoms with Crippen molar-refractivity contribution in [2.75, 3.05) is 32.0 Å². The molecule has 0 radical (unpaired) electrons. The summed E-state index contributed by atoms with van der Waals surface area (Å²) in [5.41, 5.74) is 0.275. The first kappa shape index (κ1) is 13.8. The predicted octanol–water partition coefficient (Wildman–Crippen LogP) is 1.92. The molecular formula is C14H21N3O2. The molecule has 104 valence electrons. The molecule has 2 N–H and O–H groups in total. The molecule has 0 spiro atoms. The molecule has 0 aliphatic carbocycles. The van der Waals surface area contributed by atoms with Gasteiger partial charge >= 0.3 is 5.97 Å². The topological polar surface area (TPSA) is 65.5 Å². The van der Waals surface area contributed by atoms with Gasteiger partial charge in [-0.2, -0.15) is 0 Å². The van der Waals surface area contributed by atoms with Gasteiger partial charge in [-0.1, -0.05) is 0 Å². The number of rotatable bonds is 5. The van der Waals surface area contributed by atoms with Crippen molar-refractivity contribution in [2.24, 2.45) is 5.92 Å². The molecule has 0 unspecified atom stereocenters. The van der Waals surface area contributed by atoms with Gasteiger partial charge < -0.3 is 15.3 Å². The minimum Gasteiger partial charge on any atom is -0.478 e. The summed E-state index contributed by atoms with van der Waals surface area (Å²) in [5.74, 6) is 0.500. The standard InChI is InChI=1S/C14H21N3O2/c1-17-8-4-11(5-9-17)2-6-15-13-10-12(14(18)19)3-7-16-13/h3,7,10-11H,2,4-6,8-9H2,1H3,(H,15,16)(H,18,19). The highest BCUT2D eigenvalue weighted by Crippen LogP contribution is 2.19. The van der Waals surface area contributed by atoms with E-state index in [0.717, 1.165) is 18.9 Å². The average molecular weight is 263 g/mol. The van der Waals surface area contributed by atoms with Crippen LogP contribution in [0.25, 0.3) is 0 Å². The Morgan fingerprint density at radius 3 is 2.95 bits per heavy atom. The van der Waals surface area contributed by atoms with Crippen molar-refractivity contribution in [1.82, 2.24) is 9.88 Å². The number of hydrogen-bond donors (Lipinski definition) is 2. The Labute approximate surface area is 113 Å². The summed E-state index contributed by atoms with van der Waals surface area (Å²) in [6, 6.07) is 3.08. The smallest absolute Gasteiger partial charge is 0.335 e. The fourth-order valence-electron chi connectivity index (χ4n) is 2.42. The van der Waals surface area contributed by atoms with E-state index in [1.165, 1.54) is 38.2 Å². The highest BCUT2D eigenvalue weighted by molar-refractivity contribution is 5.88. The zero-order valence-electron chi connectivity index (χ0n) is 11.3. The van der Waals surface area contributed by atoms with Gasteiger partial charge in [0.2, 0.25) is 0 Å². The molecule has 1 saturated heterocycles. The SMILES string of the molecule is CN1CCC(CCNc2cc(C(=O)O)ccn2)CC1. The molecule has 5 heteroatoms. The van der Waals surface area contributed by atoms with Crippen molar-refractivity contribution in [1.29, 1.82) is 0 Å². The fraction of sp³-hybridized carbons (Fsp3) is 0.571. The number of nitrogens with one attached hydrogen (secondary N) is 1. The third-order valence-corrected chi connectivity index (χ3v) is 3.70. The maximum atomic E-state index is 10.8. The Morgan fingerprint density at radius 2 is 2.26 bits per heavy atom. The third kappa shape index (κ3) is 4.21. The van der Waals surface area contributed by atoms with Crippen molar-refractivity contribution in [3.63, 3.8) is 0 Å². The predicted molar refractivity (Wildman–Crippen MR) is 74.5 cm³/mol. The maximum absolute atomic E-state index is 10.8. The maximum Gasteiger partial charge on any atom is 0.335 e. The second kappa shape index (κ2) is 6.52. The number of aromatic carboxylic acids is 1. The van der Waals surface area contributed by atoms with E-state index in [1.54, 1.807) is 6.07 Å². The van der Waals surface area contributed by atoms with Gasteiger partial charge in [-0.25, -0.2) is 9.78 Å². The highest BCUT2D eigenvalue weighted by Gasteiger charge is 2.16. The number of pyridine rings is 1. The van der Waals surface area contributed by atoms with Crippen LogP contribution in [0.3, 0.4) is 0 Å². The molecule has 2 rings (SSSR count). The van der Waals surface area contributed by atoms with Gasteiger partial charge in [0, 0.05) is 12.7 Å². The Morgan fingerprint density at radius 1 is 1.53 bits per heavy atom. The molecule has 19 heavy (non-hydrogen) atoms. The summed E-state index contributed by atoms with van der Waals surface area (Å²) in [7, 11) is 2.16. The lowest BCUT2D eigenvalue weighted by molar-refractivity contribution is 0.0697. The third-order valence-electron chi connectivity index (χ3n) is 3.70. The number of piperidine rings is 1. The lowest BCUT2D eigenvalue weighted by Gasteiger charge is -2.28. The van der Waals surface area contributed by atoms with Gasteiger partial charge in [-0.3, -0.25) is 0 Å². The minimum atomic E-state index is -0.916.